The molecular weight excluding hydrogens is 410 g/mol. The maximum atomic E-state index is 11.9. The van der Waals surface area contributed by atoms with Crippen LogP contribution in [0.4, 0.5) is 11.4 Å². The standard InChI is InChI=1S/C28H45N3O2/c1-4-25(32)22-29-13-15-31(16-14-29)27-8-7-24(30-17-19-33-20-18-30)21-26(27)23-9-11-28(5-2,6-3)12-10-23/h7-8,21,23H,4-6,9-20,22H2,1-3H3. The Morgan fingerprint density at radius 1 is 0.939 bits per heavy atom. The van der Waals surface area contributed by atoms with E-state index in [1.807, 2.05) is 6.92 Å². The summed E-state index contributed by atoms with van der Waals surface area (Å²) in [6.45, 7) is 15.0. The Bertz CT molecular complexity index is 767. The first-order valence-corrected chi connectivity index (χ1v) is 13.5. The average Bonchev–Trinajstić information content (AvgIpc) is 2.89. The smallest absolute Gasteiger partial charge is 0.146 e. The third kappa shape index (κ3) is 5.74. The highest BCUT2D eigenvalue weighted by Crippen LogP contribution is 2.49. The molecule has 4 rings (SSSR count). The number of carbonyl (C=O) groups is 1. The van der Waals surface area contributed by atoms with E-state index in [4.69, 9.17) is 4.74 Å². The lowest BCUT2D eigenvalue weighted by Gasteiger charge is -2.42. The maximum Gasteiger partial charge on any atom is 0.146 e. The molecule has 1 saturated carbocycles. The molecule has 0 atom stereocenters. The molecule has 1 aromatic carbocycles. The fourth-order valence-corrected chi connectivity index (χ4v) is 6.18. The Morgan fingerprint density at radius 2 is 1.61 bits per heavy atom. The van der Waals surface area contributed by atoms with Crippen LogP contribution in [0.5, 0.6) is 0 Å². The minimum Gasteiger partial charge on any atom is -0.378 e. The first kappa shape index (κ1) is 24.5. The summed E-state index contributed by atoms with van der Waals surface area (Å²) in [6.07, 6.45) is 8.62. The monoisotopic (exact) mass is 455 g/mol. The highest BCUT2D eigenvalue weighted by molar-refractivity contribution is 5.80. The van der Waals surface area contributed by atoms with Gasteiger partial charge >= 0.3 is 0 Å². The fraction of sp³-hybridized carbons (Fsp3) is 0.750. The molecule has 0 spiro atoms. The van der Waals surface area contributed by atoms with Gasteiger partial charge in [0.15, 0.2) is 0 Å². The molecule has 1 aromatic rings. The molecule has 0 aromatic heterocycles. The van der Waals surface area contributed by atoms with E-state index in [2.05, 4.69) is 46.7 Å². The second-order valence-electron chi connectivity index (χ2n) is 10.5. The van der Waals surface area contributed by atoms with Crippen molar-refractivity contribution in [2.75, 3.05) is 68.8 Å². The van der Waals surface area contributed by atoms with Crippen molar-refractivity contribution in [3.63, 3.8) is 0 Å². The molecular formula is C28H45N3O2. The van der Waals surface area contributed by atoms with Crippen LogP contribution >= 0.6 is 0 Å². The van der Waals surface area contributed by atoms with E-state index in [9.17, 15) is 4.79 Å². The molecule has 2 saturated heterocycles. The van der Waals surface area contributed by atoms with Gasteiger partial charge in [0.25, 0.3) is 0 Å². The summed E-state index contributed by atoms with van der Waals surface area (Å²) in [5.41, 5.74) is 4.94. The van der Waals surface area contributed by atoms with Crippen molar-refractivity contribution in [3.05, 3.63) is 23.8 Å². The van der Waals surface area contributed by atoms with Gasteiger partial charge in [-0.25, -0.2) is 0 Å². The van der Waals surface area contributed by atoms with Crippen molar-refractivity contribution >= 4 is 17.2 Å². The molecule has 0 N–H and O–H groups in total. The number of piperazine rings is 1. The maximum absolute atomic E-state index is 11.9. The lowest BCUT2D eigenvalue weighted by Crippen LogP contribution is -2.48. The van der Waals surface area contributed by atoms with Gasteiger partial charge in [-0.3, -0.25) is 9.69 Å². The van der Waals surface area contributed by atoms with Gasteiger partial charge in [-0.05, 0) is 60.8 Å². The van der Waals surface area contributed by atoms with Crippen molar-refractivity contribution in [1.82, 2.24) is 4.90 Å². The lowest BCUT2D eigenvalue weighted by molar-refractivity contribution is -0.119. The zero-order valence-electron chi connectivity index (χ0n) is 21.3. The summed E-state index contributed by atoms with van der Waals surface area (Å²) in [5, 5.41) is 0. The predicted molar refractivity (Wildman–Crippen MR) is 138 cm³/mol. The fourth-order valence-electron chi connectivity index (χ4n) is 6.18. The number of anilines is 2. The highest BCUT2D eigenvalue weighted by atomic mass is 16.5. The quantitative estimate of drug-likeness (QED) is 0.546. The molecule has 1 aliphatic carbocycles. The SMILES string of the molecule is CCC(=O)CN1CCN(c2ccc(N3CCOCC3)cc2C2CCC(CC)(CC)CC2)CC1. The second kappa shape index (κ2) is 11.2. The van der Waals surface area contributed by atoms with Crippen LogP contribution in [0, 0.1) is 5.41 Å². The van der Waals surface area contributed by atoms with Crippen LogP contribution in [0.2, 0.25) is 0 Å². The topological polar surface area (TPSA) is 36.0 Å². The number of benzene rings is 1. The molecule has 2 aliphatic heterocycles. The van der Waals surface area contributed by atoms with Crippen LogP contribution in [0.25, 0.3) is 0 Å². The Kier molecular flexibility index (Phi) is 8.34. The summed E-state index contributed by atoms with van der Waals surface area (Å²) in [6, 6.07) is 7.25. The summed E-state index contributed by atoms with van der Waals surface area (Å²) >= 11 is 0. The Hall–Kier alpha value is -1.59. The number of ketones is 1. The predicted octanol–water partition coefficient (Wildman–Crippen LogP) is 5.09. The normalized spacial score (nSPS) is 22.5. The molecule has 0 unspecified atom stereocenters. The molecule has 3 aliphatic rings. The van der Waals surface area contributed by atoms with E-state index in [0.717, 1.165) is 52.5 Å². The number of hydrogen-bond donors (Lipinski definition) is 0. The third-order valence-electron chi connectivity index (χ3n) is 8.88. The number of rotatable bonds is 8. The number of carbonyl (C=O) groups excluding carboxylic acids is 1. The zero-order valence-corrected chi connectivity index (χ0v) is 21.3. The van der Waals surface area contributed by atoms with Crippen LogP contribution < -0.4 is 9.80 Å². The minimum absolute atomic E-state index is 0.358. The third-order valence-corrected chi connectivity index (χ3v) is 8.88. The van der Waals surface area contributed by atoms with Gasteiger partial charge in [0.1, 0.15) is 5.78 Å². The molecule has 184 valence electrons. The lowest BCUT2D eigenvalue weighted by atomic mass is 9.66. The summed E-state index contributed by atoms with van der Waals surface area (Å²) < 4.78 is 5.60. The van der Waals surface area contributed by atoms with E-state index < -0.39 is 0 Å². The van der Waals surface area contributed by atoms with Gasteiger partial charge in [-0.2, -0.15) is 0 Å². The number of Topliss-reactive ketones (excluding diaryl/α,β-unsaturated/α-hetero) is 1. The van der Waals surface area contributed by atoms with Crippen molar-refractivity contribution in [1.29, 1.82) is 0 Å². The molecule has 0 radical (unpaired) electrons. The second-order valence-corrected chi connectivity index (χ2v) is 10.5. The van der Waals surface area contributed by atoms with Crippen LogP contribution in [0.3, 0.4) is 0 Å². The summed E-state index contributed by atoms with van der Waals surface area (Å²) in [7, 11) is 0. The van der Waals surface area contributed by atoms with E-state index in [1.54, 1.807) is 5.56 Å². The van der Waals surface area contributed by atoms with E-state index >= 15 is 0 Å². The molecule has 3 fully saturated rings. The Labute approximate surface area is 201 Å². The molecule has 2 heterocycles. The van der Waals surface area contributed by atoms with Crippen molar-refractivity contribution in [3.8, 4) is 0 Å². The van der Waals surface area contributed by atoms with Crippen LogP contribution in [-0.2, 0) is 9.53 Å². The number of nitrogens with zero attached hydrogens (tertiary/aromatic N) is 3. The van der Waals surface area contributed by atoms with Gasteiger partial charge < -0.3 is 14.5 Å². The molecule has 5 heteroatoms. The van der Waals surface area contributed by atoms with Gasteiger partial charge in [-0.1, -0.05) is 33.6 Å². The van der Waals surface area contributed by atoms with Gasteiger partial charge in [0, 0.05) is 57.1 Å². The zero-order chi connectivity index (χ0) is 23.3. The first-order chi connectivity index (χ1) is 16.1. The minimum atomic E-state index is 0.358. The largest absolute Gasteiger partial charge is 0.378 e. The Balaban J connectivity index is 1.53. The summed E-state index contributed by atoms with van der Waals surface area (Å²) in [5.74, 6) is 1.02. The number of ether oxygens (including phenoxy) is 1. The van der Waals surface area contributed by atoms with Crippen molar-refractivity contribution in [2.45, 2.75) is 71.6 Å². The van der Waals surface area contributed by atoms with Gasteiger partial charge in [0.05, 0.1) is 19.8 Å². The van der Waals surface area contributed by atoms with Crippen molar-refractivity contribution in [2.24, 2.45) is 5.41 Å². The van der Waals surface area contributed by atoms with Gasteiger partial charge in [0.2, 0.25) is 0 Å². The first-order valence-electron chi connectivity index (χ1n) is 13.5. The molecule has 0 bridgehead atoms. The molecule has 33 heavy (non-hydrogen) atoms. The number of morpholine rings is 1. The number of hydrogen-bond acceptors (Lipinski definition) is 5. The van der Waals surface area contributed by atoms with E-state index in [-0.39, 0.29) is 0 Å². The Morgan fingerprint density at radius 3 is 2.21 bits per heavy atom. The van der Waals surface area contributed by atoms with Crippen LogP contribution in [0.1, 0.15) is 77.2 Å². The highest BCUT2D eigenvalue weighted by Gasteiger charge is 2.34. The average molecular weight is 456 g/mol. The van der Waals surface area contributed by atoms with Crippen molar-refractivity contribution < 1.29 is 9.53 Å². The molecule has 5 nitrogen and oxygen atoms in total. The van der Waals surface area contributed by atoms with Gasteiger partial charge in [-0.15, -0.1) is 0 Å². The molecule has 0 amide bonds. The van der Waals surface area contributed by atoms with Crippen LogP contribution in [0.15, 0.2) is 18.2 Å². The van der Waals surface area contributed by atoms with Crippen LogP contribution in [-0.4, -0.2) is 69.7 Å². The van der Waals surface area contributed by atoms with E-state index in [1.165, 1.54) is 49.9 Å². The van der Waals surface area contributed by atoms with E-state index in [0.29, 0.717) is 30.1 Å². The summed E-state index contributed by atoms with van der Waals surface area (Å²) in [4.78, 5) is 19.3.